The van der Waals surface area contributed by atoms with Crippen molar-refractivity contribution in [3.63, 3.8) is 0 Å². The van der Waals surface area contributed by atoms with Crippen molar-refractivity contribution in [2.45, 2.75) is 6.10 Å². The summed E-state index contributed by atoms with van der Waals surface area (Å²) < 4.78 is 4.67. The molecule has 4 nitrogen and oxygen atoms in total. The van der Waals surface area contributed by atoms with Crippen molar-refractivity contribution in [3.8, 4) is 0 Å². The number of esters is 1. The standard InChI is InChI=1S/C9H10O4/c1-3-7(4-2)13-9(12)6-5-8(10)11/h3-7H,1-2H2,(H,10,11)/b6-5-. The van der Waals surface area contributed by atoms with Gasteiger partial charge in [0.25, 0.3) is 0 Å². The first kappa shape index (κ1) is 11.2. The minimum absolute atomic E-state index is 0.592. The third kappa shape index (κ3) is 5.43. The van der Waals surface area contributed by atoms with Gasteiger partial charge in [-0.1, -0.05) is 13.2 Å². The molecule has 0 aliphatic heterocycles. The van der Waals surface area contributed by atoms with E-state index in [4.69, 9.17) is 5.11 Å². The van der Waals surface area contributed by atoms with E-state index in [1.165, 1.54) is 12.2 Å². The molecular formula is C9H10O4. The van der Waals surface area contributed by atoms with Gasteiger partial charge in [-0.05, 0) is 12.2 Å². The van der Waals surface area contributed by atoms with Gasteiger partial charge in [0, 0.05) is 12.2 Å². The van der Waals surface area contributed by atoms with Crippen LogP contribution < -0.4 is 0 Å². The summed E-state index contributed by atoms with van der Waals surface area (Å²) in [4.78, 5) is 20.8. The predicted molar refractivity (Wildman–Crippen MR) is 47.0 cm³/mol. The van der Waals surface area contributed by atoms with Gasteiger partial charge in [0.15, 0.2) is 0 Å². The van der Waals surface area contributed by atoms with Crippen LogP contribution in [-0.2, 0) is 14.3 Å². The first-order chi connectivity index (χ1) is 6.10. The van der Waals surface area contributed by atoms with Crippen molar-refractivity contribution < 1.29 is 19.4 Å². The highest BCUT2D eigenvalue weighted by atomic mass is 16.5. The van der Waals surface area contributed by atoms with E-state index in [0.717, 1.165) is 6.08 Å². The van der Waals surface area contributed by atoms with E-state index in [9.17, 15) is 9.59 Å². The molecule has 0 amide bonds. The third-order valence-electron chi connectivity index (χ3n) is 1.08. The predicted octanol–water partition coefficient (Wildman–Crippen LogP) is 0.911. The number of carbonyl (C=O) groups is 2. The van der Waals surface area contributed by atoms with Crippen LogP contribution >= 0.6 is 0 Å². The Morgan fingerprint density at radius 3 is 2.15 bits per heavy atom. The molecule has 13 heavy (non-hydrogen) atoms. The first-order valence-electron chi connectivity index (χ1n) is 3.47. The van der Waals surface area contributed by atoms with Gasteiger partial charge in [-0.2, -0.15) is 0 Å². The van der Waals surface area contributed by atoms with Gasteiger partial charge in [0.05, 0.1) is 0 Å². The lowest BCUT2D eigenvalue weighted by Crippen LogP contribution is -2.11. The van der Waals surface area contributed by atoms with Crippen LogP contribution in [0.3, 0.4) is 0 Å². The van der Waals surface area contributed by atoms with Crippen LogP contribution in [0, 0.1) is 0 Å². The van der Waals surface area contributed by atoms with E-state index in [2.05, 4.69) is 17.9 Å². The molecule has 0 fully saturated rings. The second kappa shape index (κ2) is 5.77. The lowest BCUT2D eigenvalue weighted by Gasteiger charge is -2.05. The molecule has 0 bridgehead atoms. The molecule has 0 heterocycles. The lowest BCUT2D eigenvalue weighted by molar-refractivity contribution is -0.140. The van der Waals surface area contributed by atoms with Crippen LogP contribution in [0.1, 0.15) is 0 Å². The molecule has 0 saturated carbocycles. The van der Waals surface area contributed by atoms with Gasteiger partial charge in [0.1, 0.15) is 6.10 Å². The number of aliphatic carboxylic acids is 1. The molecule has 70 valence electrons. The Hall–Kier alpha value is -1.84. The van der Waals surface area contributed by atoms with Gasteiger partial charge >= 0.3 is 11.9 Å². The topological polar surface area (TPSA) is 63.6 Å². The van der Waals surface area contributed by atoms with Crippen molar-refractivity contribution in [3.05, 3.63) is 37.5 Å². The minimum Gasteiger partial charge on any atom is -0.478 e. The Bertz CT molecular complexity index is 244. The highest BCUT2D eigenvalue weighted by Crippen LogP contribution is 1.95. The molecule has 0 unspecified atom stereocenters. The molecule has 4 heteroatoms. The number of hydrogen-bond acceptors (Lipinski definition) is 3. The summed E-state index contributed by atoms with van der Waals surface area (Å²) in [6, 6.07) is 0. The van der Waals surface area contributed by atoms with E-state index in [1.54, 1.807) is 0 Å². The van der Waals surface area contributed by atoms with Crippen molar-refractivity contribution in [1.29, 1.82) is 0 Å². The zero-order valence-electron chi connectivity index (χ0n) is 6.97. The van der Waals surface area contributed by atoms with Crippen LogP contribution in [0.25, 0.3) is 0 Å². The van der Waals surface area contributed by atoms with Crippen molar-refractivity contribution >= 4 is 11.9 Å². The summed E-state index contributed by atoms with van der Waals surface area (Å²) in [7, 11) is 0. The molecule has 0 radical (unpaired) electrons. The molecule has 0 rings (SSSR count). The summed E-state index contributed by atoms with van der Waals surface area (Å²) in [6.45, 7) is 6.78. The Morgan fingerprint density at radius 2 is 1.77 bits per heavy atom. The molecule has 0 aromatic heterocycles. The summed E-state index contributed by atoms with van der Waals surface area (Å²) >= 11 is 0. The quantitative estimate of drug-likeness (QED) is 0.390. The number of rotatable bonds is 5. The van der Waals surface area contributed by atoms with Gasteiger partial charge < -0.3 is 9.84 Å². The molecule has 0 saturated heterocycles. The highest BCUT2D eigenvalue weighted by Gasteiger charge is 2.03. The van der Waals surface area contributed by atoms with Crippen LogP contribution in [-0.4, -0.2) is 23.1 Å². The third-order valence-corrected chi connectivity index (χ3v) is 1.08. The summed E-state index contributed by atoms with van der Waals surface area (Å²) in [6.07, 6.45) is 3.68. The van der Waals surface area contributed by atoms with Crippen LogP contribution in [0.5, 0.6) is 0 Å². The molecular weight excluding hydrogens is 172 g/mol. The fourth-order valence-corrected chi connectivity index (χ4v) is 0.505. The summed E-state index contributed by atoms with van der Waals surface area (Å²) in [5.41, 5.74) is 0. The van der Waals surface area contributed by atoms with Crippen LogP contribution in [0.4, 0.5) is 0 Å². The normalized spacial score (nSPS) is 9.92. The monoisotopic (exact) mass is 182 g/mol. The molecule has 0 aromatic carbocycles. The van der Waals surface area contributed by atoms with Crippen molar-refractivity contribution in [2.75, 3.05) is 0 Å². The van der Waals surface area contributed by atoms with E-state index in [-0.39, 0.29) is 0 Å². The first-order valence-corrected chi connectivity index (χ1v) is 3.47. The molecule has 0 atom stereocenters. The van der Waals surface area contributed by atoms with Crippen LogP contribution in [0.15, 0.2) is 37.5 Å². The minimum atomic E-state index is -1.20. The average molecular weight is 182 g/mol. The van der Waals surface area contributed by atoms with E-state index < -0.39 is 18.0 Å². The number of carboxylic acid groups (broad SMARTS) is 1. The maximum atomic E-state index is 10.8. The zero-order valence-corrected chi connectivity index (χ0v) is 6.97. The molecule has 0 aromatic rings. The van der Waals surface area contributed by atoms with Gasteiger partial charge in [-0.3, -0.25) is 0 Å². The number of carboxylic acids is 1. The van der Waals surface area contributed by atoms with E-state index in [1.807, 2.05) is 0 Å². The SMILES string of the molecule is C=CC(C=C)OC(=O)/C=C\C(=O)O. The van der Waals surface area contributed by atoms with Crippen molar-refractivity contribution in [2.24, 2.45) is 0 Å². The number of ether oxygens (including phenoxy) is 1. The Labute approximate surface area is 75.8 Å². The maximum absolute atomic E-state index is 10.8. The zero-order chi connectivity index (χ0) is 10.3. The summed E-state index contributed by atoms with van der Waals surface area (Å²) in [5.74, 6) is -1.95. The fourth-order valence-electron chi connectivity index (χ4n) is 0.505. The summed E-state index contributed by atoms with van der Waals surface area (Å²) in [5, 5.41) is 8.18. The largest absolute Gasteiger partial charge is 0.478 e. The highest BCUT2D eigenvalue weighted by molar-refractivity contribution is 5.90. The van der Waals surface area contributed by atoms with Gasteiger partial charge in [-0.25, -0.2) is 9.59 Å². The smallest absolute Gasteiger partial charge is 0.331 e. The fraction of sp³-hybridized carbons (Fsp3) is 0.111. The molecule has 0 aliphatic carbocycles. The number of hydrogen-bond donors (Lipinski definition) is 1. The maximum Gasteiger partial charge on any atom is 0.331 e. The average Bonchev–Trinajstić information content (AvgIpc) is 2.10. The van der Waals surface area contributed by atoms with Crippen molar-refractivity contribution in [1.82, 2.24) is 0 Å². The second-order valence-electron chi connectivity index (χ2n) is 2.04. The lowest BCUT2D eigenvalue weighted by atomic mass is 10.3. The van der Waals surface area contributed by atoms with E-state index >= 15 is 0 Å². The number of carbonyl (C=O) groups excluding carboxylic acids is 1. The Balaban J connectivity index is 4.07. The molecule has 0 aliphatic rings. The second-order valence-corrected chi connectivity index (χ2v) is 2.04. The van der Waals surface area contributed by atoms with E-state index in [0.29, 0.717) is 6.08 Å². The van der Waals surface area contributed by atoms with Gasteiger partial charge in [-0.15, -0.1) is 0 Å². The van der Waals surface area contributed by atoms with Gasteiger partial charge in [0.2, 0.25) is 0 Å². The Morgan fingerprint density at radius 1 is 1.23 bits per heavy atom. The molecule has 1 N–H and O–H groups in total. The molecule has 0 spiro atoms. The Kier molecular flexibility index (Phi) is 4.95. The van der Waals surface area contributed by atoms with Crippen LogP contribution in [0.2, 0.25) is 0 Å².